The molecule has 0 spiro atoms. The normalized spacial score (nSPS) is 22.3. The molecular formula is C16H26N2O3S. The second kappa shape index (κ2) is 6.54. The molecule has 0 aliphatic heterocycles. The molecule has 0 radical (unpaired) electrons. The maximum atomic E-state index is 12.0. The molecule has 0 unspecified atom stereocenters. The standard InChI is InChI=1S/C16H26N2O3S/c1-11-9-17-13(12(2)16(11)21-4)10-18(3)14-7-6-8-15(14)22(5,19)20/h9,14-15H,6-8,10H2,1-5H3/t14-,15+/m0/s1. The van der Waals surface area contributed by atoms with Gasteiger partial charge in [0.05, 0.1) is 18.1 Å². The van der Waals surface area contributed by atoms with Gasteiger partial charge in [0.15, 0.2) is 9.84 Å². The smallest absolute Gasteiger partial charge is 0.151 e. The summed E-state index contributed by atoms with van der Waals surface area (Å²) in [6.45, 7) is 4.62. The fraction of sp³-hybridized carbons (Fsp3) is 0.688. The Morgan fingerprint density at radius 1 is 1.36 bits per heavy atom. The number of aromatic nitrogens is 1. The van der Waals surface area contributed by atoms with Gasteiger partial charge < -0.3 is 4.74 Å². The molecule has 1 aromatic rings. The fourth-order valence-electron chi connectivity index (χ4n) is 3.49. The van der Waals surface area contributed by atoms with Crippen LogP contribution in [0.5, 0.6) is 5.75 Å². The van der Waals surface area contributed by atoms with Gasteiger partial charge in [0.1, 0.15) is 5.75 Å². The zero-order valence-corrected chi connectivity index (χ0v) is 14.9. The minimum absolute atomic E-state index is 0.0727. The van der Waals surface area contributed by atoms with Crippen molar-refractivity contribution in [1.82, 2.24) is 9.88 Å². The van der Waals surface area contributed by atoms with Crippen LogP contribution in [0.4, 0.5) is 0 Å². The SMILES string of the molecule is COc1c(C)cnc(CN(C)[C@H]2CCC[C@H]2S(C)(=O)=O)c1C. The third kappa shape index (κ3) is 3.43. The van der Waals surface area contributed by atoms with Gasteiger partial charge in [0.2, 0.25) is 0 Å². The highest BCUT2D eigenvalue weighted by Gasteiger charge is 2.37. The molecule has 1 heterocycles. The predicted molar refractivity (Wildman–Crippen MR) is 88.0 cm³/mol. The topological polar surface area (TPSA) is 59.5 Å². The minimum atomic E-state index is -3.01. The number of hydrogen-bond donors (Lipinski definition) is 0. The molecule has 0 bridgehead atoms. The van der Waals surface area contributed by atoms with Crippen LogP contribution in [0.1, 0.15) is 36.1 Å². The number of sulfone groups is 1. The highest BCUT2D eigenvalue weighted by Crippen LogP contribution is 2.31. The third-order valence-electron chi connectivity index (χ3n) is 4.68. The Bertz CT molecular complexity index is 643. The van der Waals surface area contributed by atoms with E-state index in [1.807, 2.05) is 27.1 Å². The van der Waals surface area contributed by atoms with Gasteiger partial charge in [-0.1, -0.05) is 6.42 Å². The molecule has 2 rings (SSSR count). The van der Waals surface area contributed by atoms with Crippen LogP contribution in [0.3, 0.4) is 0 Å². The van der Waals surface area contributed by atoms with Crippen molar-refractivity contribution in [3.63, 3.8) is 0 Å². The quantitative estimate of drug-likeness (QED) is 0.829. The van der Waals surface area contributed by atoms with Crippen LogP contribution in [-0.4, -0.2) is 50.0 Å². The lowest BCUT2D eigenvalue weighted by Crippen LogP contribution is -2.41. The number of pyridine rings is 1. The molecule has 6 heteroatoms. The predicted octanol–water partition coefficient (Wildman–Crippen LogP) is 2.10. The molecule has 22 heavy (non-hydrogen) atoms. The fourth-order valence-corrected chi connectivity index (χ4v) is 5.00. The number of methoxy groups -OCH3 is 1. The van der Waals surface area contributed by atoms with E-state index >= 15 is 0 Å². The van der Waals surface area contributed by atoms with Gasteiger partial charge >= 0.3 is 0 Å². The molecule has 1 saturated carbocycles. The van der Waals surface area contributed by atoms with Crippen molar-refractivity contribution >= 4 is 9.84 Å². The average Bonchev–Trinajstić information content (AvgIpc) is 2.92. The summed E-state index contributed by atoms with van der Waals surface area (Å²) in [6.07, 6.45) is 5.82. The molecule has 0 N–H and O–H groups in total. The van der Waals surface area contributed by atoms with E-state index in [-0.39, 0.29) is 11.3 Å². The van der Waals surface area contributed by atoms with Crippen molar-refractivity contribution in [3.05, 3.63) is 23.0 Å². The minimum Gasteiger partial charge on any atom is -0.496 e. The molecule has 1 aromatic heterocycles. The van der Waals surface area contributed by atoms with Crippen LogP contribution in [0.25, 0.3) is 0 Å². The summed E-state index contributed by atoms with van der Waals surface area (Å²) in [5, 5.41) is -0.259. The Kier molecular flexibility index (Phi) is 5.12. The maximum Gasteiger partial charge on any atom is 0.151 e. The van der Waals surface area contributed by atoms with Crippen molar-refractivity contribution in [2.45, 2.75) is 50.9 Å². The van der Waals surface area contributed by atoms with Crippen molar-refractivity contribution in [3.8, 4) is 5.75 Å². The largest absolute Gasteiger partial charge is 0.496 e. The van der Waals surface area contributed by atoms with Gasteiger partial charge in [-0.25, -0.2) is 8.42 Å². The molecule has 1 aliphatic rings. The molecule has 124 valence electrons. The van der Waals surface area contributed by atoms with Gasteiger partial charge in [-0.3, -0.25) is 9.88 Å². The Morgan fingerprint density at radius 2 is 2.05 bits per heavy atom. The van der Waals surface area contributed by atoms with Crippen LogP contribution in [-0.2, 0) is 16.4 Å². The lowest BCUT2D eigenvalue weighted by atomic mass is 10.1. The van der Waals surface area contributed by atoms with E-state index in [9.17, 15) is 8.42 Å². The summed E-state index contributed by atoms with van der Waals surface area (Å²) < 4.78 is 29.3. The Morgan fingerprint density at radius 3 is 2.64 bits per heavy atom. The van der Waals surface area contributed by atoms with E-state index in [2.05, 4.69) is 9.88 Å². The second-order valence-corrected chi connectivity index (χ2v) is 8.59. The molecule has 5 nitrogen and oxygen atoms in total. The Hall–Kier alpha value is -1.14. The van der Waals surface area contributed by atoms with E-state index < -0.39 is 9.84 Å². The molecular weight excluding hydrogens is 300 g/mol. The van der Waals surface area contributed by atoms with Crippen LogP contribution < -0.4 is 4.74 Å². The van der Waals surface area contributed by atoms with Gasteiger partial charge in [-0.2, -0.15) is 0 Å². The van der Waals surface area contributed by atoms with Crippen LogP contribution in [0, 0.1) is 13.8 Å². The summed E-state index contributed by atoms with van der Waals surface area (Å²) in [6, 6.07) is 0.0727. The number of nitrogens with zero attached hydrogens (tertiary/aromatic N) is 2. The van der Waals surface area contributed by atoms with Crippen molar-refractivity contribution in [1.29, 1.82) is 0 Å². The summed E-state index contributed by atoms with van der Waals surface area (Å²) in [7, 11) is 0.648. The molecule has 1 fully saturated rings. The molecule has 0 amide bonds. The van der Waals surface area contributed by atoms with E-state index in [0.29, 0.717) is 6.54 Å². The van der Waals surface area contributed by atoms with Crippen LogP contribution in [0.15, 0.2) is 6.20 Å². The van der Waals surface area contributed by atoms with Gasteiger partial charge in [-0.15, -0.1) is 0 Å². The Labute approximate surface area is 133 Å². The van der Waals surface area contributed by atoms with E-state index in [1.165, 1.54) is 6.26 Å². The first-order valence-corrected chi connectivity index (χ1v) is 9.59. The Balaban J connectivity index is 2.21. The summed E-state index contributed by atoms with van der Waals surface area (Å²) in [4.78, 5) is 6.64. The van der Waals surface area contributed by atoms with Crippen LogP contribution >= 0.6 is 0 Å². The van der Waals surface area contributed by atoms with Gasteiger partial charge in [-0.05, 0) is 33.7 Å². The van der Waals surface area contributed by atoms with E-state index in [4.69, 9.17) is 4.74 Å². The zero-order valence-electron chi connectivity index (χ0n) is 14.1. The first-order chi connectivity index (χ1) is 10.3. The first kappa shape index (κ1) is 17.2. The third-order valence-corrected chi connectivity index (χ3v) is 6.33. The van der Waals surface area contributed by atoms with Gasteiger partial charge in [0, 0.05) is 36.2 Å². The van der Waals surface area contributed by atoms with Gasteiger partial charge in [0.25, 0.3) is 0 Å². The number of rotatable bonds is 5. The first-order valence-electron chi connectivity index (χ1n) is 7.64. The lowest BCUT2D eigenvalue weighted by molar-refractivity contribution is 0.235. The molecule has 2 atom stereocenters. The summed E-state index contributed by atoms with van der Waals surface area (Å²) >= 11 is 0. The number of ether oxygens (including phenoxy) is 1. The zero-order chi connectivity index (χ0) is 16.5. The number of aryl methyl sites for hydroxylation is 1. The van der Waals surface area contributed by atoms with Crippen LogP contribution in [0.2, 0.25) is 0 Å². The van der Waals surface area contributed by atoms with E-state index in [0.717, 1.165) is 41.8 Å². The summed E-state index contributed by atoms with van der Waals surface area (Å²) in [5.74, 6) is 0.865. The molecule has 1 aliphatic carbocycles. The molecule has 0 saturated heterocycles. The second-order valence-electron chi connectivity index (χ2n) is 6.33. The molecule has 0 aromatic carbocycles. The van der Waals surface area contributed by atoms with Crippen molar-refractivity contribution in [2.75, 3.05) is 20.4 Å². The monoisotopic (exact) mass is 326 g/mol. The van der Waals surface area contributed by atoms with Crippen molar-refractivity contribution in [2.24, 2.45) is 0 Å². The average molecular weight is 326 g/mol. The number of hydrogen-bond acceptors (Lipinski definition) is 5. The van der Waals surface area contributed by atoms with Crippen molar-refractivity contribution < 1.29 is 13.2 Å². The highest BCUT2D eigenvalue weighted by molar-refractivity contribution is 7.91. The summed E-state index contributed by atoms with van der Waals surface area (Å²) in [5.41, 5.74) is 2.99. The lowest BCUT2D eigenvalue weighted by Gasteiger charge is -2.29. The van der Waals surface area contributed by atoms with E-state index in [1.54, 1.807) is 7.11 Å². The highest BCUT2D eigenvalue weighted by atomic mass is 32.2. The maximum absolute atomic E-state index is 12.0.